The first-order chi connectivity index (χ1) is 14.3. The Hall–Kier alpha value is -2.35. The van der Waals surface area contributed by atoms with Gasteiger partial charge in [0.2, 0.25) is 15.9 Å². The summed E-state index contributed by atoms with van der Waals surface area (Å²) >= 11 is 5.99. The lowest BCUT2D eigenvalue weighted by Gasteiger charge is -2.31. The molecule has 1 aliphatic heterocycles. The van der Waals surface area contributed by atoms with Crippen molar-refractivity contribution in [3.8, 4) is 0 Å². The molecule has 1 amide bonds. The number of hydrogen-bond acceptors (Lipinski definition) is 3. The molecule has 0 saturated carbocycles. The summed E-state index contributed by atoms with van der Waals surface area (Å²) in [5.41, 5.74) is 1.89. The van der Waals surface area contributed by atoms with Crippen molar-refractivity contribution in [2.45, 2.75) is 24.3 Å². The maximum atomic E-state index is 13.2. The molecule has 158 valence electrons. The van der Waals surface area contributed by atoms with Gasteiger partial charge in [0.1, 0.15) is 0 Å². The number of nitrogens with zero attached hydrogens (tertiary/aromatic N) is 2. The van der Waals surface area contributed by atoms with Crippen molar-refractivity contribution in [2.75, 3.05) is 13.1 Å². The molecule has 4 rings (SSSR count). The number of halogens is 1. The Kier molecular flexibility index (Phi) is 5.86. The summed E-state index contributed by atoms with van der Waals surface area (Å²) in [6.07, 6.45) is 3.23. The molecule has 6 nitrogen and oxygen atoms in total. The summed E-state index contributed by atoms with van der Waals surface area (Å²) in [5, 5.41) is 4.41. The van der Waals surface area contributed by atoms with Crippen molar-refractivity contribution in [1.82, 2.24) is 14.2 Å². The van der Waals surface area contributed by atoms with Crippen LogP contribution in [0.1, 0.15) is 18.4 Å². The van der Waals surface area contributed by atoms with E-state index in [4.69, 9.17) is 11.6 Å². The van der Waals surface area contributed by atoms with Crippen LogP contribution in [-0.4, -0.2) is 36.3 Å². The summed E-state index contributed by atoms with van der Waals surface area (Å²) < 4.78 is 29.8. The van der Waals surface area contributed by atoms with E-state index in [0.717, 1.165) is 16.5 Å². The van der Waals surface area contributed by atoms with Crippen LogP contribution in [0.15, 0.2) is 59.6 Å². The normalized spacial score (nSPS) is 17.9. The summed E-state index contributed by atoms with van der Waals surface area (Å²) in [6.45, 7) is 0.983. The number of fused-ring (bicyclic) bond motifs is 1. The molecule has 2 heterocycles. The second kappa shape index (κ2) is 8.41. The van der Waals surface area contributed by atoms with Crippen molar-refractivity contribution in [3.63, 3.8) is 0 Å². The van der Waals surface area contributed by atoms with Crippen LogP contribution in [0.25, 0.3) is 10.9 Å². The molecule has 2 aromatic carbocycles. The fourth-order valence-corrected chi connectivity index (χ4v) is 5.70. The molecule has 0 aliphatic carbocycles. The smallest absolute Gasteiger partial charge is 0.243 e. The highest BCUT2D eigenvalue weighted by Gasteiger charge is 2.33. The highest BCUT2D eigenvalue weighted by Crippen LogP contribution is 2.26. The van der Waals surface area contributed by atoms with Gasteiger partial charge in [-0.2, -0.15) is 4.31 Å². The molecular formula is C22H24ClN3O3S. The molecule has 8 heteroatoms. The Labute approximate surface area is 181 Å². The number of aromatic nitrogens is 1. The van der Waals surface area contributed by atoms with Crippen molar-refractivity contribution < 1.29 is 13.2 Å². The number of nitrogens with one attached hydrogen (secondary N) is 1. The van der Waals surface area contributed by atoms with E-state index in [9.17, 15) is 13.2 Å². The molecular weight excluding hydrogens is 422 g/mol. The minimum Gasteiger partial charge on any atom is -0.352 e. The molecule has 0 bridgehead atoms. The lowest BCUT2D eigenvalue weighted by molar-refractivity contribution is -0.126. The van der Waals surface area contributed by atoms with E-state index in [-0.39, 0.29) is 23.3 Å². The summed E-state index contributed by atoms with van der Waals surface area (Å²) in [5.74, 6) is -0.499. The third kappa shape index (κ3) is 4.24. The molecule has 30 heavy (non-hydrogen) atoms. The van der Waals surface area contributed by atoms with Gasteiger partial charge in [0.05, 0.1) is 10.8 Å². The number of piperidine rings is 1. The second-order valence-electron chi connectivity index (χ2n) is 7.70. The van der Waals surface area contributed by atoms with Gasteiger partial charge in [0.15, 0.2) is 0 Å². The van der Waals surface area contributed by atoms with Gasteiger partial charge in [-0.05, 0) is 54.8 Å². The van der Waals surface area contributed by atoms with Crippen LogP contribution >= 0.6 is 11.6 Å². The highest BCUT2D eigenvalue weighted by atomic mass is 35.5. The van der Waals surface area contributed by atoms with Gasteiger partial charge in [-0.3, -0.25) is 4.79 Å². The van der Waals surface area contributed by atoms with Gasteiger partial charge in [-0.1, -0.05) is 23.7 Å². The van der Waals surface area contributed by atoms with Crippen molar-refractivity contribution in [3.05, 3.63) is 65.3 Å². The number of carbonyl (C=O) groups is 1. The number of carbonyl (C=O) groups excluding carboxylic acids is 1. The van der Waals surface area contributed by atoms with Crippen molar-refractivity contribution >= 4 is 38.4 Å². The largest absolute Gasteiger partial charge is 0.352 e. The zero-order chi connectivity index (χ0) is 21.3. The van der Waals surface area contributed by atoms with Crippen molar-refractivity contribution in [2.24, 2.45) is 13.0 Å². The first-order valence-corrected chi connectivity index (χ1v) is 11.7. The number of benzene rings is 2. The van der Waals surface area contributed by atoms with Crippen LogP contribution in [0.3, 0.4) is 0 Å². The van der Waals surface area contributed by atoms with E-state index < -0.39 is 10.0 Å². The molecule has 1 aromatic heterocycles. The average Bonchev–Trinajstić information content (AvgIpc) is 3.12. The van der Waals surface area contributed by atoms with Crippen LogP contribution < -0.4 is 5.32 Å². The molecule has 0 spiro atoms. The van der Waals surface area contributed by atoms with E-state index in [2.05, 4.69) is 5.32 Å². The molecule has 1 fully saturated rings. The van der Waals surface area contributed by atoms with E-state index in [1.807, 2.05) is 42.1 Å². The maximum absolute atomic E-state index is 13.2. The first-order valence-electron chi connectivity index (χ1n) is 9.92. The van der Waals surface area contributed by atoms with Crippen LogP contribution in [-0.2, 0) is 28.4 Å². The zero-order valence-electron chi connectivity index (χ0n) is 16.7. The van der Waals surface area contributed by atoms with Gasteiger partial charge >= 0.3 is 0 Å². The van der Waals surface area contributed by atoms with Gasteiger partial charge in [-0.15, -0.1) is 0 Å². The minimum atomic E-state index is -3.66. The van der Waals surface area contributed by atoms with Gasteiger partial charge in [-0.25, -0.2) is 8.42 Å². The fourth-order valence-electron chi connectivity index (χ4n) is 3.92. The van der Waals surface area contributed by atoms with Crippen molar-refractivity contribution in [1.29, 1.82) is 0 Å². The van der Waals surface area contributed by atoms with E-state index in [1.54, 1.807) is 24.3 Å². The monoisotopic (exact) mass is 445 g/mol. The SMILES string of the molecule is Cn1ccc2cc(S(=O)(=O)N3CCC[C@@H](C(=O)NCc4cccc(Cl)c4)C3)ccc21. The van der Waals surface area contributed by atoms with Crippen LogP contribution in [0, 0.1) is 5.92 Å². The van der Waals surface area contributed by atoms with Gasteiger partial charge in [0, 0.05) is 48.8 Å². The molecule has 1 atom stereocenters. The van der Waals surface area contributed by atoms with E-state index >= 15 is 0 Å². The number of amides is 1. The van der Waals surface area contributed by atoms with E-state index in [1.165, 1.54) is 4.31 Å². The molecule has 0 radical (unpaired) electrons. The summed E-state index contributed by atoms with van der Waals surface area (Å²) in [4.78, 5) is 12.9. The average molecular weight is 446 g/mol. The zero-order valence-corrected chi connectivity index (χ0v) is 18.3. The Bertz CT molecular complexity index is 1190. The fraction of sp³-hybridized carbons (Fsp3) is 0.318. The Morgan fingerprint density at radius 2 is 2.03 bits per heavy atom. The highest BCUT2D eigenvalue weighted by molar-refractivity contribution is 7.89. The van der Waals surface area contributed by atoms with E-state index in [0.29, 0.717) is 31.0 Å². The predicted molar refractivity (Wildman–Crippen MR) is 118 cm³/mol. The number of hydrogen-bond donors (Lipinski definition) is 1. The molecule has 1 N–H and O–H groups in total. The maximum Gasteiger partial charge on any atom is 0.243 e. The third-order valence-electron chi connectivity index (χ3n) is 5.61. The van der Waals surface area contributed by atoms with Crippen LogP contribution in [0.5, 0.6) is 0 Å². The summed E-state index contributed by atoms with van der Waals surface area (Å²) in [7, 11) is -1.73. The molecule has 1 aliphatic rings. The number of rotatable bonds is 5. The quantitative estimate of drug-likeness (QED) is 0.652. The molecule has 0 unspecified atom stereocenters. The lowest BCUT2D eigenvalue weighted by Crippen LogP contribution is -2.45. The van der Waals surface area contributed by atoms with Crippen LogP contribution in [0.4, 0.5) is 0 Å². The third-order valence-corrected chi connectivity index (χ3v) is 7.70. The second-order valence-corrected chi connectivity index (χ2v) is 10.1. The Morgan fingerprint density at radius 3 is 2.83 bits per heavy atom. The minimum absolute atomic E-state index is 0.131. The Balaban J connectivity index is 1.46. The molecule has 1 saturated heterocycles. The topological polar surface area (TPSA) is 71.4 Å². The first kappa shape index (κ1) is 20.9. The lowest BCUT2D eigenvalue weighted by atomic mass is 9.99. The van der Waals surface area contributed by atoms with Gasteiger partial charge in [0.25, 0.3) is 0 Å². The van der Waals surface area contributed by atoms with Gasteiger partial charge < -0.3 is 9.88 Å². The molecule has 3 aromatic rings. The standard InChI is InChI=1S/C22H24ClN3O3S/c1-25-11-9-17-13-20(7-8-21(17)25)30(28,29)26-10-3-5-18(15-26)22(27)24-14-16-4-2-6-19(23)12-16/h2,4,6-9,11-13,18H,3,5,10,14-15H2,1H3,(H,24,27)/t18-/m1/s1. The predicted octanol–water partition coefficient (Wildman–Crippen LogP) is 3.55. The number of aryl methyl sites for hydroxylation is 1. The Morgan fingerprint density at radius 1 is 1.20 bits per heavy atom. The summed E-state index contributed by atoms with van der Waals surface area (Å²) in [6, 6.07) is 14.4. The van der Waals surface area contributed by atoms with Crippen LogP contribution in [0.2, 0.25) is 5.02 Å². The number of sulfonamides is 1.